The van der Waals surface area contributed by atoms with E-state index in [1.54, 1.807) is 0 Å². The highest BCUT2D eigenvalue weighted by Crippen LogP contribution is 2.26. The van der Waals surface area contributed by atoms with E-state index in [1.807, 2.05) is 0 Å². The average molecular weight is 155 g/mol. The molecule has 0 aromatic rings. The Hall–Kier alpha value is -0.0400. The van der Waals surface area contributed by atoms with Gasteiger partial charge >= 0.3 is 0 Å². The Morgan fingerprint density at radius 3 is 2.18 bits per heavy atom. The molecule has 1 nitrogen and oxygen atoms in total. The second kappa shape index (κ2) is 4.76. The Morgan fingerprint density at radius 1 is 1.09 bits per heavy atom. The lowest BCUT2D eigenvalue weighted by molar-refractivity contribution is 0.289. The summed E-state index contributed by atoms with van der Waals surface area (Å²) in [7, 11) is 0. The van der Waals surface area contributed by atoms with E-state index in [-0.39, 0.29) is 0 Å². The summed E-state index contributed by atoms with van der Waals surface area (Å²) in [6, 6.07) is 0.836. The lowest BCUT2D eigenvalue weighted by Crippen LogP contribution is -2.32. The summed E-state index contributed by atoms with van der Waals surface area (Å²) >= 11 is 0. The second-order valence-corrected chi connectivity index (χ2v) is 3.68. The largest absolute Gasteiger partial charge is 0.314 e. The van der Waals surface area contributed by atoms with Crippen molar-refractivity contribution in [2.24, 2.45) is 5.92 Å². The molecule has 1 rings (SSSR count). The van der Waals surface area contributed by atoms with Gasteiger partial charge in [0.25, 0.3) is 0 Å². The maximum atomic E-state index is 3.53. The van der Waals surface area contributed by atoms with Crippen molar-refractivity contribution in [3.8, 4) is 0 Å². The van der Waals surface area contributed by atoms with Gasteiger partial charge < -0.3 is 5.32 Å². The Morgan fingerprint density at radius 2 is 1.73 bits per heavy atom. The highest BCUT2D eigenvalue weighted by atomic mass is 14.9. The van der Waals surface area contributed by atoms with Crippen LogP contribution in [0.25, 0.3) is 0 Å². The van der Waals surface area contributed by atoms with Gasteiger partial charge in [0.05, 0.1) is 0 Å². The van der Waals surface area contributed by atoms with Crippen LogP contribution in [0.5, 0.6) is 0 Å². The molecule has 0 amide bonds. The SMILES string of the molecule is CCNC1CCC(CC)CC1. The summed E-state index contributed by atoms with van der Waals surface area (Å²) < 4.78 is 0. The zero-order chi connectivity index (χ0) is 8.10. The van der Waals surface area contributed by atoms with Crippen molar-refractivity contribution in [3.63, 3.8) is 0 Å². The lowest BCUT2D eigenvalue weighted by Gasteiger charge is -2.28. The Kier molecular flexibility index (Phi) is 3.92. The van der Waals surface area contributed by atoms with E-state index in [0.29, 0.717) is 0 Å². The minimum absolute atomic E-state index is 0.836. The van der Waals surface area contributed by atoms with Crippen LogP contribution in [0.4, 0.5) is 0 Å². The molecule has 1 aliphatic rings. The molecule has 0 unspecified atom stereocenters. The highest BCUT2D eigenvalue weighted by molar-refractivity contribution is 4.75. The molecule has 0 bridgehead atoms. The van der Waals surface area contributed by atoms with E-state index >= 15 is 0 Å². The summed E-state index contributed by atoms with van der Waals surface area (Å²) in [5, 5.41) is 3.53. The molecule has 0 radical (unpaired) electrons. The van der Waals surface area contributed by atoms with Gasteiger partial charge in [-0.3, -0.25) is 0 Å². The maximum absolute atomic E-state index is 3.53. The first kappa shape index (κ1) is 9.05. The molecule has 0 saturated heterocycles. The molecule has 66 valence electrons. The number of nitrogens with one attached hydrogen (secondary N) is 1. The van der Waals surface area contributed by atoms with E-state index in [2.05, 4.69) is 19.2 Å². The summed E-state index contributed by atoms with van der Waals surface area (Å²) in [4.78, 5) is 0. The summed E-state index contributed by atoms with van der Waals surface area (Å²) in [6.45, 7) is 5.66. The smallest absolute Gasteiger partial charge is 0.00671 e. The van der Waals surface area contributed by atoms with Gasteiger partial charge in [-0.1, -0.05) is 20.3 Å². The van der Waals surface area contributed by atoms with Crippen molar-refractivity contribution in [1.29, 1.82) is 0 Å². The first-order valence-corrected chi connectivity index (χ1v) is 5.10. The van der Waals surface area contributed by atoms with Crippen molar-refractivity contribution < 1.29 is 0 Å². The molecule has 11 heavy (non-hydrogen) atoms. The van der Waals surface area contributed by atoms with Crippen LogP contribution in [0, 0.1) is 5.92 Å². The zero-order valence-corrected chi connectivity index (χ0v) is 7.90. The highest BCUT2D eigenvalue weighted by Gasteiger charge is 2.18. The van der Waals surface area contributed by atoms with E-state index in [4.69, 9.17) is 0 Å². The van der Waals surface area contributed by atoms with Crippen LogP contribution in [0.15, 0.2) is 0 Å². The fourth-order valence-electron chi connectivity index (χ4n) is 2.06. The van der Waals surface area contributed by atoms with E-state index in [0.717, 1.165) is 18.5 Å². The monoisotopic (exact) mass is 155 g/mol. The van der Waals surface area contributed by atoms with Crippen LogP contribution < -0.4 is 5.32 Å². The third-order valence-corrected chi connectivity index (χ3v) is 2.92. The zero-order valence-electron chi connectivity index (χ0n) is 7.90. The van der Waals surface area contributed by atoms with Gasteiger partial charge in [-0.15, -0.1) is 0 Å². The third-order valence-electron chi connectivity index (χ3n) is 2.92. The lowest BCUT2D eigenvalue weighted by atomic mass is 9.84. The molecule has 0 heterocycles. The van der Waals surface area contributed by atoms with Crippen LogP contribution in [0.3, 0.4) is 0 Å². The van der Waals surface area contributed by atoms with E-state index in [1.165, 1.54) is 32.1 Å². The Bertz CT molecular complexity index is 93.0. The van der Waals surface area contributed by atoms with Crippen molar-refractivity contribution >= 4 is 0 Å². The predicted octanol–water partition coefficient (Wildman–Crippen LogP) is 2.56. The number of hydrogen-bond donors (Lipinski definition) is 1. The molecule has 0 atom stereocenters. The summed E-state index contributed by atoms with van der Waals surface area (Å²) in [6.07, 6.45) is 7.11. The topological polar surface area (TPSA) is 12.0 Å². The molecule has 1 aliphatic carbocycles. The van der Waals surface area contributed by atoms with Crippen LogP contribution >= 0.6 is 0 Å². The summed E-state index contributed by atoms with van der Waals surface area (Å²) in [5.74, 6) is 1.03. The molecule has 0 aromatic heterocycles. The molecule has 1 saturated carbocycles. The van der Waals surface area contributed by atoms with Crippen molar-refractivity contribution in [2.45, 2.75) is 52.0 Å². The average Bonchev–Trinajstić information content (AvgIpc) is 2.07. The van der Waals surface area contributed by atoms with Gasteiger partial charge in [-0.25, -0.2) is 0 Å². The van der Waals surface area contributed by atoms with Gasteiger partial charge in [0.2, 0.25) is 0 Å². The van der Waals surface area contributed by atoms with Gasteiger partial charge in [0.1, 0.15) is 0 Å². The molecular formula is C10H21N. The van der Waals surface area contributed by atoms with Crippen LogP contribution in [-0.2, 0) is 0 Å². The molecule has 0 aliphatic heterocycles. The van der Waals surface area contributed by atoms with Crippen LogP contribution in [0.1, 0.15) is 46.0 Å². The molecule has 1 N–H and O–H groups in total. The minimum Gasteiger partial charge on any atom is -0.314 e. The third kappa shape index (κ3) is 2.82. The molecule has 1 heteroatoms. The van der Waals surface area contributed by atoms with Crippen LogP contribution in [-0.4, -0.2) is 12.6 Å². The van der Waals surface area contributed by atoms with Gasteiger partial charge in [0.15, 0.2) is 0 Å². The van der Waals surface area contributed by atoms with E-state index < -0.39 is 0 Å². The van der Waals surface area contributed by atoms with E-state index in [9.17, 15) is 0 Å². The maximum Gasteiger partial charge on any atom is 0.00671 e. The first-order chi connectivity index (χ1) is 5.36. The minimum atomic E-state index is 0.836. The van der Waals surface area contributed by atoms with Gasteiger partial charge in [0, 0.05) is 6.04 Å². The van der Waals surface area contributed by atoms with Crippen molar-refractivity contribution in [2.75, 3.05) is 6.54 Å². The fourth-order valence-corrected chi connectivity index (χ4v) is 2.06. The Balaban J connectivity index is 2.14. The fraction of sp³-hybridized carbons (Fsp3) is 1.00. The normalized spacial score (nSPS) is 32.2. The van der Waals surface area contributed by atoms with Gasteiger partial charge in [-0.2, -0.15) is 0 Å². The molecule has 1 fully saturated rings. The van der Waals surface area contributed by atoms with Crippen molar-refractivity contribution in [3.05, 3.63) is 0 Å². The Labute approximate surface area is 70.6 Å². The second-order valence-electron chi connectivity index (χ2n) is 3.68. The number of rotatable bonds is 3. The quantitative estimate of drug-likeness (QED) is 0.660. The number of hydrogen-bond acceptors (Lipinski definition) is 1. The van der Waals surface area contributed by atoms with Crippen LogP contribution in [0.2, 0.25) is 0 Å². The first-order valence-electron chi connectivity index (χ1n) is 5.10. The predicted molar refractivity (Wildman–Crippen MR) is 49.7 cm³/mol. The summed E-state index contributed by atoms with van der Waals surface area (Å²) in [5.41, 5.74) is 0. The van der Waals surface area contributed by atoms with Gasteiger partial charge in [-0.05, 0) is 38.1 Å². The standard InChI is InChI=1S/C10H21N/c1-3-9-5-7-10(8-6-9)11-4-2/h9-11H,3-8H2,1-2H3. The molecule has 0 aromatic carbocycles. The molecule has 0 spiro atoms. The van der Waals surface area contributed by atoms with Crippen molar-refractivity contribution in [1.82, 2.24) is 5.32 Å². The molecular weight excluding hydrogens is 134 g/mol.